The maximum Gasteiger partial charge on any atom is 0.421 e. The van der Waals surface area contributed by atoms with Crippen molar-refractivity contribution in [1.82, 2.24) is 9.97 Å². The molecule has 0 aliphatic heterocycles. The fraction of sp³-hybridized carbons (Fsp3) is 0.333. The number of aromatic nitrogens is 2. The number of rotatable bonds is 5. The van der Waals surface area contributed by atoms with Gasteiger partial charge in [0.15, 0.2) is 5.75 Å². The number of methoxy groups -OCH3 is 1. The fourth-order valence-electron chi connectivity index (χ4n) is 2.26. The molecular weight excluding hydrogens is 323 g/mol. The quantitative estimate of drug-likeness (QED) is 0.771. The van der Waals surface area contributed by atoms with Gasteiger partial charge in [0.1, 0.15) is 11.4 Å². The first-order valence-electron chi connectivity index (χ1n) is 7.06. The maximum atomic E-state index is 12.9. The van der Waals surface area contributed by atoms with Crippen molar-refractivity contribution in [2.24, 2.45) is 0 Å². The van der Waals surface area contributed by atoms with Crippen LogP contribution in [0.15, 0.2) is 18.3 Å². The smallest absolute Gasteiger partial charge is 0.421 e. The summed E-state index contributed by atoms with van der Waals surface area (Å²) in [5.41, 5.74) is 1.34. The largest absolute Gasteiger partial charge is 0.492 e. The van der Waals surface area contributed by atoms with E-state index in [1.165, 1.54) is 14.2 Å². The number of hydrogen-bond donors (Lipinski definition) is 3. The van der Waals surface area contributed by atoms with E-state index in [2.05, 4.69) is 25.9 Å². The van der Waals surface area contributed by atoms with Gasteiger partial charge in [-0.25, -0.2) is 4.98 Å². The zero-order chi connectivity index (χ0) is 17.9. The van der Waals surface area contributed by atoms with Gasteiger partial charge in [-0.05, 0) is 18.6 Å². The minimum atomic E-state index is -4.53. The lowest BCUT2D eigenvalue weighted by atomic mass is 10.1. The summed E-state index contributed by atoms with van der Waals surface area (Å²) in [5.74, 6) is 0.239. The normalized spacial score (nSPS) is 11.1. The topological polar surface area (TPSA) is 71.1 Å². The molecule has 9 heteroatoms. The number of nitrogens with zero attached hydrogens (tertiary/aromatic N) is 2. The molecule has 0 saturated heterocycles. The van der Waals surface area contributed by atoms with Crippen molar-refractivity contribution in [3.8, 4) is 5.75 Å². The Balaban J connectivity index is 2.42. The Kier molecular flexibility index (Phi) is 5.01. The minimum Gasteiger partial charge on any atom is -0.492 e. The third kappa shape index (κ3) is 3.44. The highest BCUT2D eigenvalue weighted by Gasteiger charge is 2.35. The van der Waals surface area contributed by atoms with Crippen molar-refractivity contribution < 1.29 is 17.9 Å². The Bertz CT molecular complexity index is 734. The Morgan fingerprint density at radius 3 is 2.38 bits per heavy atom. The lowest BCUT2D eigenvalue weighted by Crippen LogP contribution is -2.12. The zero-order valence-electron chi connectivity index (χ0n) is 13.7. The molecule has 3 N–H and O–H groups in total. The predicted molar refractivity (Wildman–Crippen MR) is 87.1 cm³/mol. The van der Waals surface area contributed by atoms with Gasteiger partial charge in [-0.1, -0.05) is 6.07 Å². The number of aryl methyl sites for hydroxylation is 1. The van der Waals surface area contributed by atoms with Gasteiger partial charge in [0.25, 0.3) is 0 Å². The van der Waals surface area contributed by atoms with Gasteiger partial charge in [0.05, 0.1) is 18.5 Å². The molecule has 0 radical (unpaired) electrons. The average molecular weight is 341 g/mol. The van der Waals surface area contributed by atoms with Gasteiger partial charge in [-0.3, -0.25) is 0 Å². The molecule has 6 nitrogen and oxygen atoms in total. The molecule has 1 heterocycles. The molecule has 2 rings (SSSR count). The molecule has 0 amide bonds. The molecule has 1 aromatic heterocycles. The lowest BCUT2D eigenvalue weighted by molar-refractivity contribution is -0.137. The Morgan fingerprint density at radius 1 is 1.12 bits per heavy atom. The van der Waals surface area contributed by atoms with Gasteiger partial charge in [-0.15, -0.1) is 0 Å². The second kappa shape index (κ2) is 6.81. The minimum absolute atomic E-state index is 0.0246. The molecule has 0 bridgehead atoms. The Morgan fingerprint density at radius 2 is 1.83 bits per heavy atom. The number of benzene rings is 1. The van der Waals surface area contributed by atoms with Crippen LogP contribution in [0.4, 0.5) is 36.3 Å². The third-order valence-electron chi connectivity index (χ3n) is 3.40. The van der Waals surface area contributed by atoms with Gasteiger partial charge in [-0.2, -0.15) is 18.2 Å². The Hall–Kier alpha value is -2.71. The van der Waals surface area contributed by atoms with Crippen molar-refractivity contribution in [1.29, 1.82) is 0 Å². The molecule has 2 aromatic rings. The molecule has 0 unspecified atom stereocenters. The van der Waals surface area contributed by atoms with Crippen LogP contribution in [0.1, 0.15) is 11.1 Å². The van der Waals surface area contributed by atoms with Crippen LogP contribution in [0, 0.1) is 6.92 Å². The van der Waals surface area contributed by atoms with Gasteiger partial charge in [0.2, 0.25) is 5.95 Å². The van der Waals surface area contributed by atoms with Crippen molar-refractivity contribution >= 4 is 23.1 Å². The van der Waals surface area contributed by atoms with E-state index in [9.17, 15) is 13.2 Å². The van der Waals surface area contributed by atoms with E-state index >= 15 is 0 Å². The lowest BCUT2D eigenvalue weighted by Gasteiger charge is -2.17. The van der Waals surface area contributed by atoms with Crippen LogP contribution in [0.3, 0.4) is 0 Å². The number of ether oxygens (including phenoxy) is 1. The Labute approximate surface area is 137 Å². The maximum absolute atomic E-state index is 12.9. The summed E-state index contributed by atoms with van der Waals surface area (Å²) < 4.78 is 44.0. The van der Waals surface area contributed by atoms with Gasteiger partial charge < -0.3 is 20.7 Å². The summed E-state index contributed by atoms with van der Waals surface area (Å²) in [7, 11) is 4.63. The van der Waals surface area contributed by atoms with E-state index in [4.69, 9.17) is 4.74 Å². The van der Waals surface area contributed by atoms with Crippen LogP contribution in [-0.4, -0.2) is 31.2 Å². The SMILES string of the molecule is CNc1nc(Nc2ccc(C)c(NC)c2OC)ncc1C(F)(F)F. The number of alkyl halides is 3. The van der Waals surface area contributed by atoms with Crippen LogP contribution in [-0.2, 0) is 6.18 Å². The monoisotopic (exact) mass is 341 g/mol. The second-order valence-corrected chi connectivity index (χ2v) is 4.92. The van der Waals surface area contributed by atoms with Crippen molar-refractivity contribution in [2.45, 2.75) is 13.1 Å². The van der Waals surface area contributed by atoms with E-state index in [1.807, 2.05) is 13.0 Å². The van der Waals surface area contributed by atoms with Crippen LogP contribution in [0.25, 0.3) is 0 Å². The summed E-state index contributed by atoms with van der Waals surface area (Å²) in [4.78, 5) is 7.62. The first-order chi connectivity index (χ1) is 11.3. The van der Waals surface area contributed by atoms with E-state index < -0.39 is 11.7 Å². The van der Waals surface area contributed by atoms with Crippen molar-refractivity contribution in [3.63, 3.8) is 0 Å². The molecular formula is C15H18F3N5O. The van der Waals surface area contributed by atoms with Crippen molar-refractivity contribution in [3.05, 3.63) is 29.5 Å². The highest BCUT2D eigenvalue weighted by Crippen LogP contribution is 2.38. The number of halogens is 3. The number of anilines is 4. The van der Waals surface area contributed by atoms with E-state index in [0.29, 0.717) is 11.4 Å². The second-order valence-electron chi connectivity index (χ2n) is 4.92. The predicted octanol–water partition coefficient (Wildman–Crippen LogP) is 3.64. The summed E-state index contributed by atoms with van der Waals surface area (Å²) in [6.07, 6.45) is -3.79. The molecule has 24 heavy (non-hydrogen) atoms. The molecule has 0 aliphatic carbocycles. The van der Waals surface area contributed by atoms with Gasteiger partial charge >= 0.3 is 6.18 Å². The van der Waals surface area contributed by atoms with Gasteiger partial charge in [0, 0.05) is 20.3 Å². The average Bonchev–Trinajstić information content (AvgIpc) is 2.54. The summed E-state index contributed by atoms with van der Waals surface area (Å²) in [5, 5.41) is 8.34. The fourth-order valence-corrected chi connectivity index (χ4v) is 2.26. The number of nitrogens with one attached hydrogen (secondary N) is 3. The number of hydrogen-bond acceptors (Lipinski definition) is 6. The first kappa shape index (κ1) is 17.6. The van der Waals surface area contributed by atoms with Crippen LogP contribution < -0.4 is 20.7 Å². The summed E-state index contributed by atoms with van der Waals surface area (Å²) in [6.45, 7) is 1.91. The van der Waals surface area contributed by atoms with E-state index in [0.717, 1.165) is 17.4 Å². The van der Waals surface area contributed by atoms with Crippen LogP contribution in [0.5, 0.6) is 5.75 Å². The molecule has 0 fully saturated rings. The molecule has 1 aromatic carbocycles. The van der Waals surface area contributed by atoms with Crippen molar-refractivity contribution in [2.75, 3.05) is 37.2 Å². The molecule has 0 aliphatic rings. The van der Waals surface area contributed by atoms with Crippen LogP contribution >= 0.6 is 0 Å². The molecule has 0 saturated carbocycles. The molecule has 130 valence electrons. The van der Waals surface area contributed by atoms with E-state index in [1.54, 1.807) is 13.1 Å². The highest BCUT2D eigenvalue weighted by atomic mass is 19.4. The summed E-state index contributed by atoms with van der Waals surface area (Å²) in [6, 6.07) is 3.59. The van der Waals surface area contributed by atoms with Crippen LogP contribution in [0.2, 0.25) is 0 Å². The zero-order valence-corrected chi connectivity index (χ0v) is 13.7. The molecule has 0 spiro atoms. The summed E-state index contributed by atoms with van der Waals surface area (Å²) >= 11 is 0. The first-order valence-corrected chi connectivity index (χ1v) is 7.06. The highest BCUT2D eigenvalue weighted by molar-refractivity contribution is 5.76. The standard InChI is InChI=1S/C15H18F3N5O/c1-8-5-6-10(12(24-4)11(8)19-2)22-14-21-7-9(15(16,17)18)13(20-3)23-14/h5-7,19H,1-4H3,(H2,20,21,22,23). The molecule has 0 atom stereocenters. The van der Waals surface area contributed by atoms with E-state index in [-0.39, 0.29) is 11.8 Å². The third-order valence-corrected chi connectivity index (χ3v) is 3.40.